The van der Waals surface area contributed by atoms with Crippen LogP contribution in [0.4, 0.5) is 5.69 Å². The number of benzene rings is 2. The second-order valence-electron chi connectivity index (χ2n) is 6.40. The molecule has 5 nitrogen and oxygen atoms in total. The van der Waals surface area contributed by atoms with Gasteiger partial charge < -0.3 is 5.32 Å². The number of aryl methyl sites for hydroxylation is 1. The standard InChI is InChI=1S/C21H15Cl2N3O2S2/c1-12-7-8-15(22)18(17(12)23)24-16(27)11-30-21-25-19-14(9-10-29-19)20(28)26(21)13-5-3-2-4-6-13/h2-10H,11H2,1H3,(H,24,27). The number of halogens is 2. The molecular formula is C21H15Cl2N3O2S2. The Morgan fingerprint density at radius 2 is 1.93 bits per heavy atom. The smallest absolute Gasteiger partial charge is 0.267 e. The molecule has 4 aromatic rings. The molecule has 0 bridgehead atoms. The number of hydrogen-bond donors (Lipinski definition) is 1. The lowest BCUT2D eigenvalue weighted by molar-refractivity contribution is -0.113. The lowest BCUT2D eigenvalue weighted by atomic mass is 10.2. The molecule has 0 radical (unpaired) electrons. The van der Waals surface area contributed by atoms with Crippen molar-refractivity contribution in [3.05, 3.63) is 79.9 Å². The Kier molecular flexibility index (Phi) is 6.15. The molecule has 0 saturated heterocycles. The zero-order valence-electron chi connectivity index (χ0n) is 15.7. The predicted octanol–water partition coefficient (Wildman–Crippen LogP) is 5.79. The lowest BCUT2D eigenvalue weighted by Gasteiger charge is -2.13. The van der Waals surface area contributed by atoms with Gasteiger partial charge in [0.05, 0.1) is 32.6 Å². The van der Waals surface area contributed by atoms with E-state index in [2.05, 4.69) is 10.3 Å². The summed E-state index contributed by atoms with van der Waals surface area (Å²) in [6, 6.07) is 14.5. The molecule has 152 valence electrons. The first-order valence-corrected chi connectivity index (χ1v) is 11.5. The van der Waals surface area contributed by atoms with Crippen LogP contribution in [0, 0.1) is 6.92 Å². The summed E-state index contributed by atoms with van der Waals surface area (Å²) < 4.78 is 1.53. The van der Waals surface area contributed by atoms with E-state index in [1.165, 1.54) is 27.7 Å². The number of nitrogens with one attached hydrogen (secondary N) is 1. The third-order valence-corrected chi connectivity index (χ3v) is 6.91. The Morgan fingerprint density at radius 1 is 1.17 bits per heavy atom. The number of nitrogens with zero attached hydrogens (tertiary/aromatic N) is 2. The van der Waals surface area contributed by atoms with Crippen LogP contribution in [0.1, 0.15) is 5.56 Å². The number of thioether (sulfide) groups is 1. The molecule has 2 aromatic heterocycles. The summed E-state index contributed by atoms with van der Waals surface area (Å²) in [5.74, 6) is -0.258. The number of thiophene rings is 1. The molecule has 0 spiro atoms. The number of rotatable bonds is 5. The maximum atomic E-state index is 13.1. The summed E-state index contributed by atoms with van der Waals surface area (Å²) >= 11 is 15.0. The number of anilines is 1. The lowest BCUT2D eigenvalue weighted by Crippen LogP contribution is -2.22. The SMILES string of the molecule is Cc1ccc(Cl)c(NC(=O)CSc2nc3sccc3c(=O)n2-c2ccccc2)c1Cl. The molecule has 0 aliphatic heterocycles. The highest BCUT2D eigenvalue weighted by atomic mass is 35.5. The highest BCUT2D eigenvalue weighted by Crippen LogP contribution is 2.33. The van der Waals surface area contributed by atoms with Gasteiger partial charge in [-0.05, 0) is 42.1 Å². The van der Waals surface area contributed by atoms with Gasteiger partial charge in [-0.15, -0.1) is 11.3 Å². The van der Waals surface area contributed by atoms with Crippen LogP contribution in [-0.4, -0.2) is 21.2 Å². The number of carbonyl (C=O) groups is 1. The van der Waals surface area contributed by atoms with E-state index in [-0.39, 0.29) is 17.2 Å². The van der Waals surface area contributed by atoms with Crippen LogP contribution in [0.25, 0.3) is 15.9 Å². The summed E-state index contributed by atoms with van der Waals surface area (Å²) in [6.07, 6.45) is 0. The van der Waals surface area contributed by atoms with Crippen LogP contribution < -0.4 is 10.9 Å². The first-order valence-electron chi connectivity index (χ1n) is 8.88. The first kappa shape index (κ1) is 20.9. The topological polar surface area (TPSA) is 64.0 Å². The van der Waals surface area contributed by atoms with E-state index in [0.29, 0.717) is 36.8 Å². The minimum Gasteiger partial charge on any atom is -0.323 e. The van der Waals surface area contributed by atoms with E-state index in [0.717, 1.165) is 5.56 Å². The maximum absolute atomic E-state index is 13.1. The number of hydrogen-bond acceptors (Lipinski definition) is 5. The molecule has 30 heavy (non-hydrogen) atoms. The summed E-state index contributed by atoms with van der Waals surface area (Å²) in [7, 11) is 0. The molecule has 2 aromatic carbocycles. The van der Waals surface area contributed by atoms with Crippen molar-refractivity contribution in [3.8, 4) is 5.69 Å². The number of carbonyl (C=O) groups excluding carboxylic acids is 1. The molecule has 0 aliphatic carbocycles. The summed E-state index contributed by atoms with van der Waals surface area (Å²) in [4.78, 5) is 30.9. The van der Waals surface area contributed by atoms with E-state index in [1.54, 1.807) is 18.2 Å². The third-order valence-electron chi connectivity index (χ3n) is 4.36. The molecule has 2 heterocycles. The van der Waals surface area contributed by atoms with Gasteiger partial charge in [-0.1, -0.05) is 59.2 Å². The quantitative estimate of drug-likeness (QED) is 0.292. The Labute approximate surface area is 190 Å². The summed E-state index contributed by atoms with van der Waals surface area (Å²) in [5.41, 5.74) is 1.72. The zero-order chi connectivity index (χ0) is 21.3. The van der Waals surface area contributed by atoms with Crippen molar-refractivity contribution in [2.75, 3.05) is 11.1 Å². The van der Waals surface area contributed by atoms with Crippen molar-refractivity contribution >= 4 is 68.1 Å². The van der Waals surface area contributed by atoms with E-state index in [1.807, 2.05) is 42.6 Å². The predicted molar refractivity (Wildman–Crippen MR) is 126 cm³/mol. The highest BCUT2D eigenvalue weighted by molar-refractivity contribution is 7.99. The van der Waals surface area contributed by atoms with E-state index in [9.17, 15) is 9.59 Å². The van der Waals surface area contributed by atoms with Crippen LogP contribution in [-0.2, 0) is 4.79 Å². The van der Waals surface area contributed by atoms with E-state index in [4.69, 9.17) is 23.2 Å². The van der Waals surface area contributed by atoms with Gasteiger partial charge in [-0.25, -0.2) is 4.98 Å². The molecule has 1 amide bonds. The van der Waals surface area contributed by atoms with Crippen molar-refractivity contribution in [3.63, 3.8) is 0 Å². The molecule has 0 atom stereocenters. The van der Waals surface area contributed by atoms with Gasteiger partial charge in [0.2, 0.25) is 5.91 Å². The average molecular weight is 476 g/mol. The maximum Gasteiger partial charge on any atom is 0.267 e. The van der Waals surface area contributed by atoms with Crippen LogP contribution >= 0.6 is 46.3 Å². The first-order chi connectivity index (χ1) is 14.5. The average Bonchev–Trinajstić information content (AvgIpc) is 3.22. The Bertz CT molecular complexity index is 1300. The van der Waals surface area contributed by atoms with Crippen molar-refractivity contribution in [1.82, 2.24) is 9.55 Å². The largest absolute Gasteiger partial charge is 0.323 e. The molecule has 0 fully saturated rings. The van der Waals surface area contributed by atoms with E-state index >= 15 is 0 Å². The minimum atomic E-state index is -0.297. The number of para-hydroxylation sites is 1. The van der Waals surface area contributed by atoms with Crippen molar-refractivity contribution in [2.45, 2.75) is 12.1 Å². The number of aromatic nitrogens is 2. The molecule has 0 saturated carbocycles. The normalized spacial score (nSPS) is 11.0. The van der Waals surface area contributed by atoms with Crippen molar-refractivity contribution in [1.29, 1.82) is 0 Å². The third kappa shape index (κ3) is 4.11. The zero-order valence-corrected chi connectivity index (χ0v) is 18.8. The summed E-state index contributed by atoms with van der Waals surface area (Å²) in [5, 5.41) is 6.35. The van der Waals surface area contributed by atoms with Gasteiger partial charge in [0.1, 0.15) is 4.83 Å². The fraction of sp³-hybridized carbons (Fsp3) is 0.0952. The molecule has 0 unspecified atom stereocenters. The number of fused-ring (bicyclic) bond motifs is 1. The fourth-order valence-electron chi connectivity index (χ4n) is 2.87. The Balaban J connectivity index is 1.64. The molecule has 9 heteroatoms. The van der Waals surface area contributed by atoms with Crippen molar-refractivity contribution < 1.29 is 4.79 Å². The highest BCUT2D eigenvalue weighted by Gasteiger charge is 2.17. The van der Waals surface area contributed by atoms with E-state index < -0.39 is 0 Å². The van der Waals surface area contributed by atoms with Crippen molar-refractivity contribution in [2.24, 2.45) is 0 Å². The Morgan fingerprint density at radius 3 is 2.70 bits per heavy atom. The molecule has 0 aliphatic rings. The van der Waals surface area contributed by atoms with Gasteiger partial charge >= 0.3 is 0 Å². The van der Waals surface area contributed by atoms with Gasteiger partial charge in [-0.3, -0.25) is 14.2 Å². The van der Waals surface area contributed by atoms with Crippen LogP contribution in [0.2, 0.25) is 10.0 Å². The fourth-order valence-corrected chi connectivity index (χ4v) is 4.96. The molecular weight excluding hydrogens is 461 g/mol. The Hall–Kier alpha value is -2.32. The summed E-state index contributed by atoms with van der Waals surface area (Å²) in [6.45, 7) is 1.84. The molecule has 1 N–H and O–H groups in total. The van der Waals surface area contributed by atoms with Crippen LogP contribution in [0.5, 0.6) is 0 Å². The molecule has 4 rings (SSSR count). The monoisotopic (exact) mass is 475 g/mol. The van der Waals surface area contributed by atoms with Crippen LogP contribution in [0.3, 0.4) is 0 Å². The number of amides is 1. The minimum absolute atomic E-state index is 0.0384. The van der Waals surface area contributed by atoms with Gasteiger partial charge in [0.15, 0.2) is 5.16 Å². The second-order valence-corrected chi connectivity index (χ2v) is 9.02. The van der Waals surface area contributed by atoms with Gasteiger partial charge in [0.25, 0.3) is 5.56 Å². The van der Waals surface area contributed by atoms with Gasteiger partial charge in [-0.2, -0.15) is 0 Å². The van der Waals surface area contributed by atoms with Crippen LogP contribution in [0.15, 0.2) is 63.9 Å². The second kappa shape index (κ2) is 8.81. The van der Waals surface area contributed by atoms with Gasteiger partial charge in [0, 0.05) is 0 Å².